The molecule has 0 saturated heterocycles. The summed E-state index contributed by atoms with van der Waals surface area (Å²) in [6.07, 6.45) is 0.519. The van der Waals surface area contributed by atoms with E-state index in [4.69, 9.17) is 4.74 Å². The third-order valence-electron chi connectivity index (χ3n) is 4.06. The number of methoxy groups -OCH3 is 1. The van der Waals surface area contributed by atoms with Gasteiger partial charge in [0.15, 0.2) is 0 Å². The minimum Gasteiger partial charge on any atom is -0.497 e. The maximum atomic E-state index is 13.0. The summed E-state index contributed by atoms with van der Waals surface area (Å²) >= 11 is 0. The van der Waals surface area contributed by atoms with Crippen molar-refractivity contribution in [3.8, 4) is 5.75 Å². The van der Waals surface area contributed by atoms with Gasteiger partial charge in [-0.3, -0.25) is 14.5 Å². The highest BCUT2D eigenvalue weighted by Crippen LogP contribution is 2.33. The lowest BCUT2D eigenvalue weighted by molar-refractivity contribution is -0.121. The Kier molecular flexibility index (Phi) is 4.02. The fraction of sp³-hybridized carbons (Fsp3) is 0.222. The summed E-state index contributed by atoms with van der Waals surface area (Å²) in [6, 6.07) is 14.0. The molecule has 0 spiro atoms. The molecule has 1 heterocycles. The van der Waals surface area contributed by atoms with Gasteiger partial charge in [0, 0.05) is 24.7 Å². The summed E-state index contributed by atoms with van der Waals surface area (Å²) in [6.45, 7) is 0. The molecule has 0 fully saturated rings. The summed E-state index contributed by atoms with van der Waals surface area (Å²) in [4.78, 5) is 26.8. The largest absolute Gasteiger partial charge is 0.497 e. The number of fused-ring (bicyclic) bond motifs is 1. The minimum absolute atomic E-state index is 0.169. The second-order valence-corrected chi connectivity index (χ2v) is 5.37. The molecule has 0 saturated carbocycles. The van der Waals surface area contributed by atoms with Crippen LogP contribution in [0.5, 0.6) is 5.75 Å². The number of carbonyl (C=O) groups is 2. The molecule has 5 nitrogen and oxygen atoms in total. The van der Waals surface area contributed by atoms with E-state index < -0.39 is 6.04 Å². The van der Waals surface area contributed by atoms with Crippen molar-refractivity contribution in [2.45, 2.75) is 12.5 Å². The number of carbonyl (C=O) groups excluding carboxylic acids is 2. The zero-order chi connectivity index (χ0) is 16.4. The Morgan fingerprint density at radius 2 is 1.96 bits per heavy atom. The monoisotopic (exact) mass is 310 g/mol. The normalized spacial score (nSPS) is 15.9. The zero-order valence-electron chi connectivity index (χ0n) is 13.1. The average molecular weight is 310 g/mol. The second kappa shape index (κ2) is 6.12. The number of nitrogens with one attached hydrogen (secondary N) is 1. The number of anilines is 1. The first-order chi connectivity index (χ1) is 11.2. The molecule has 2 aromatic carbocycles. The van der Waals surface area contributed by atoms with Gasteiger partial charge in [0.2, 0.25) is 5.91 Å². The van der Waals surface area contributed by atoms with E-state index in [1.54, 1.807) is 43.3 Å². The predicted molar refractivity (Wildman–Crippen MR) is 87.8 cm³/mol. The van der Waals surface area contributed by atoms with Crippen molar-refractivity contribution in [2.75, 3.05) is 19.1 Å². The van der Waals surface area contributed by atoms with Crippen LogP contribution in [0.15, 0.2) is 48.5 Å². The van der Waals surface area contributed by atoms with Gasteiger partial charge < -0.3 is 10.1 Å². The Labute approximate surface area is 134 Å². The van der Waals surface area contributed by atoms with E-state index in [0.29, 0.717) is 17.7 Å². The van der Waals surface area contributed by atoms with E-state index in [0.717, 1.165) is 11.3 Å². The van der Waals surface area contributed by atoms with E-state index in [-0.39, 0.29) is 11.8 Å². The van der Waals surface area contributed by atoms with Crippen LogP contribution in [-0.4, -0.2) is 32.0 Å². The van der Waals surface area contributed by atoms with Crippen LogP contribution in [0.4, 0.5) is 5.69 Å². The molecule has 23 heavy (non-hydrogen) atoms. The molecule has 1 unspecified atom stereocenters. The standard InChI is InChI=1S/C18H18N2O3/c1-19-17(21)16-11-12-6-3-4-9-15(12)20(16)18(22)13-7-5-8-14(10-13)23-2/h3-10,16H,11H2,1-2H3,(H,19,21). The molecule has 1 aliphatic rings. The van der Waals surface area contributed by atoms with Gasteiger partial charge in [0.05, 0.1) is 7.11 Å². The first kappa shape index (κ1) is 15.1. The maximum absolute atomic E-state index is 13.0. The lowest BCUT2D eigenvalue weighted by atomic mass is 10.1. The number of rotatable bonds is 3. The number of likely N-dealkylation sites (N-methyl/N-ethyl adjacent to an activating group) is 1. The van der Waals surface area contributed by atoms with Gasteiger partial charge >= 0.3 is 0 Å². The number of hydrogen-bond donors (Lipinski definition) is 1. The highest BCUT2D eigenvalue weighted by atomic mass is 16.5. The SMILES string of the molecule is CNC(=O)C1Cc2ccccc2N1C(=O)c1cccc(OC)c1. The van der Waals surface area contributed by atoms with Crippen molar-refractivity contribution >= 4 is 17.5 Å². The smallest absolute Gasteiger partial charge is 0.259 e. The molecule has 0 radical (unpaired) electrons. The van der Waals surface area contributed by atoms with Crippen LogP contribution in [0.3, 0.4) is 0 Å². The Balaban J connectivity index is 2.02. The third-order valence-corrected chi connectivity index (χ3v) is 4.06. The molecule has 1 N–H and O–H groups in total. The highest BCUT2D eigenvalue weighted by Gasteiger charge is 2.38. The van der Waals surface area contributed by atoms with E-state index in [1.165, 1.54) is 0 Å². The van der Waals surface area contributed by atoms with Gasteiger partial charge in [0.1, 0.15) is 11.8 Å². The highest BCUT2D eigenvalue weighted by molar-refractivity contribution is 6.11. The molecule has 0 aromatic heterocycles. The van der Waals surface area contributed by atoms with Crippen LogP contribution in [0.25, 0.3) is 0 Å². The average Bonchev–Trinajstić information content (AvgIpc) is 2.99. The van der Waals surface area contributed by atoms with Crippen LogP contribution in [0.1, 0.15) is 15.9 Å². The molecule has 118 valence electrons. The Bertz CT molecular complexity index is 757. The lowest BCUT2D eigenvalue weighted by Crippen LogP contribution is -2.47. The topological polar surface area (TPSA) is 58.6 Å². The Morgan fingerprint density at radius 1 is 1.17 bits per heavy atom. The number of ether oxygens (including phenoxy) is 1. The predicted octanol–water partition coefficient (Wildman–Crippen LogP) is 2.01. The molecule has 1 atom stereocenters. The first-order valence-corrected chi connectivity index (χ1v) is 7.43. The van der Waals surface area contributed by atoms with Crippen molar-refractivity contribution in [3.05, 3.63) is 59.7 Å². The van der Waals surface area contributed by atoms with Gasteiger partial charge in [-0.15, -0.1) is 0 Å². The fourth-order valence-electron chi connectivity index (χ4n) is 2.91. The molecule has 5 heteroatoms. The molecular formula is C18H18N2O3. The van der Waals surface area contributed by atoms with Gasteiger partial charge in [-0.25, -0.2) is 0 Å². The van der Waals surface area contributed by atoms with E-state index in [9.17, 15) is 9.59 Å². The number of benzene rings is 2. The summed E-state index contributed by atoms with van der Waals surface area (Å²) in [5, 5.41) is 2.64. The van der Waals surface area contributed by atoms with Crippen molar-refractivity contribution in [1.82, 2.24) is 5.32 Å². The summed E-state index contributed by atoms with van der Waals surface area (Å²) in [5.74, 6) is 0.236. The van der Waals surface area contributed by atoms with E-state index in [1.807, 2.05) is 24.3 Å². The Morgan fingerprint density at radius 3 is 2.70 bits per heavy atom. The third kappa shape index (κ3) is 2.65. The molecular weight excluding hydrogens is 292 g/mol. The molecule has 2 aromatic rings. The number of para-hydroxylation sites is 1. The second-order valence-electron chi connectivity index (χ2n) is 5.37. The van der Waals surface area contributed by atoms with Gasteiger partial charge in [-0.2, -0.15) is 0 Å². The molecule has 2 amide bonds. The van der Waals surface area contributed by atoms with Crippen LogP contribution in [-0.2, 0) is 11.2 Å². The maximum Gasteiger partial charge on any atom is 0.259 e. The number of hydrogen-bond acceptors (Lipinski definition) is 3. The molecule has 0 bridgehead atoms. The van der Waals surface area contributed by atoms with E-state index >= 15 is 0 Å². The van der Waals surface area contributed by atoms with Crippen LogP contribution in [0.2, 0.25) is 0 Å². The molecule has 0 aliphatic carbocycles. The molecule has 1 aliphatic heterocycles. The molecule has 3 rings (SSSR count). The van der Waals surface area contributed by atoms with Gasteiger partial charge in [-0.05, 0) is 29.8 Å². The lowest BCUT2D eigenvalue weighted by Gasteiger charge is -2.24. The number of nitrogens with zero attached hydrogens (tertiary/aromatic N) is 1. The number of amides is 2. The van der Waals surface area contributed by atoms with E-state index in [2.05, 4.69) is 5.32 Å². The Hall–Kier alpha value is -2.82. The minimum atomic E-state index is -0.531. The fourth-order valence-corrected chi connectivity index (χ4v) is 2.91. The zero-order valence-corrected chi connectivity index (χ0v) is 13.1. The summed E-state index contributed by atoms with van der Waals surface area (Å²) < 4.78 is 5.18. The van der Waals surface area contributed by atoms with Gasteiger partial charge in [0.25, 0.3) is 5.91 Å². The quantitative estimate of drug-likeness (QED) is 0.943. The van der Waals surface area contributed by atoms with Crippen molar-refractivity contribution in [3.63, 3.8) is 0 Å². The van der Waals surface area contributed by atoms with Gasteiger partial charge in [-0.1, -0.05) is 24.3 Å². The summed E-state index contributed by atoms with van der Waals surface area (Å²) in [7, 11) is 3.14. The van der Waals surface area contributed by atoms with Crippen molar-refractivity contribution in [1.29, 1.82) is 0 Å². The van der Waals surface area contributed by atoms with Crippen LogP contribution >= 0.6 is 0 Å². The summed E-state index contributed by atoms with van der Waals surface area (Å²) in [5.41, 5.74) is 2.28. The van der Waals surface area contributed by atoms with Crippen molar-refractivity contribution in [2.24, 2.45) is 0 Å². The van der Waals surface area contributed by atoms with Crippen molar-refractivity contribution < 1.29 is 14.3 Å². The van der Waals surface area contributed by atoms with Crippen LogP contribution in [0, 0.1) is 0 Å². The first-order valence-electron chi connectivity index (χ1n) is 7.43. The van der Waals surface area contributed by atoms with Crippen LogP contribution < -0.4 is 15.0 Å².